The molecule has 0 radical (unpaired) electrons. The molecule has 2 N–H and O–H groups in total. The van der Waals surface area contributed by atoms with Crippen LogP contribution in [0.4, 0.5) is 0 Å². The van der Waals surface area contributed by atoms with Gasteiger partial charge in [0.05, 0.1) is 5.75 Å². The molecule has 0 fully saturated rings. The number of sulfonamides is 1. The number of hydrogen-bond donors (Lipinski definition) is 2. The molecule has 0 aromatic heterocycles. The van der Waals surface area contributed by atoms with Gasteiger partial charge in [-0.1, -0.05) is 30.3 Å². The van der Waals surface area contributed by atoms with Crippen molar-refractivity contribution in [2.75, 3.05) is 12.4 Å². The number of hydrogen-bond acceptors (Lipinski definition) is 3. The van der Waals surface area contributed by atoms with E-state index in [1.165, 1.54) is 0 Å². The van der Waals surface area contributed by atoms with Crippen molar-refractivity contribution in [3.63, 3.8) is 0 Å². The van der Waals surface area contributed by atoms with Gasteiger partial charge in [-0.3, -0.25) is 0 Å². The molecule has 0 saturated carbocycles. The van der Waals surface area contributed by atoms with Crippen LogP contribution in [0.2, 0.25) is 0 Å². The van der Waals surface area contributed by atoms with Crippen molar-refractivity contribution in [3.8, 4) is 0 Å². The molecule has 0 amide bonds. The maximum Gasteiger partial charge on any atom is 0.212 e. The van der Waals surface area contributed by atoms with Gasteiger partial charge in [0.15, 0.2) is 0 Å². The van der Waals surface area contributed by atoms with Crippen molar-refractivity contribution in [2.45, 2.75) is 19.4 Å². The highest BCUT2D eigenvalue weighted by atomic mass is 32.2. The van der Waals surface area contributed by atoms with E-state index in [-0.39, 0.29) is 24.8 Å². The van der Waals surface area contributed by atoms with E-state index in [4.69, 9.17) is 5.11 Å². The number of nitrogens with one attached hydrogen (secondary N) is 1. The third-order valence-electron chi connectivity index (χ3n) is 2.23. The molecule has 1 aromatic carbocycles. The summed E-state index contributed by atoms with van der Waals surface area (Å²) in [6, 6.07) is 9.13. The van der Waals surface area contributed by atoms with E-state index in [1.807, 2.05) is 30.3 Å². The molecule has 0 heterocycles. The van der Waals surface area contributed by atoms with Crippen LogP contribution >= 0.6 is 0 Å². The summed E-state index contributed by atoms with van der Waals surface area (Å²) in [4.78, 5) is 0. The molecule has 5 heteroatoms. The topological polar surface area (TPSA) is 66.4 Å². The van der Waals surface area contributed by atoms with Crippen LogP contribution in [-0.4, -0.2) is 25.9 Å². The Labute approximate surface area is 96.4 Å². The summed E-state index contributed by atoms with van der Waals surface area (Å²) < 4.78 is 25.7. The zero-order valence-corrected chi connectivity index (χ0v) is 10.1. The van der Waals surface area contributed by atoms with Crippen LogP contribution in [0.1, 0.15) is 24.9 Å². The quantitative estimate of drug-likeness (QED) is 0.785. The van der Waals surface area contributed by atoms with Crippen LogP contribution < -0.4 is 4.72 Å². The second-order valence-electron chi connectivity index (χ2n) is 3.65. The van der Waals surface area contributed by atoms with Crippen LogP contribution in [0, 0.1) is 0 Å². The minimum Gasteiger partial charge on any atom is -0.396 e. The lowest BCUT2D eigenvalue weighted by Crippen LogP contribution is -2.29. The molecule has 1 unspecified atom stereocenters. The van der Waals surface area contributed by atoms with Crippen molar-refractivity contribution in [3.05, 3.63) is 35.9 Å². The molecule has 0 saturated heterocycles. The van der Waals surface area contributed by atoms with Gasteiger partial charge in [-0.2, -0.15) is 0 Å². The zero-order chi connectivity index (χ0) is 12.0. The summed E-state index contributed by atoms with van der Waals surface area (Å²) in [6.45, 7) is 1.69. The van der Waals surface area contributed by atoms with Crippen LogP contribution in [0.15, 0.2) is 30.3 Å². The number of aliphatic hydroxyl groups is 1. The summed E-state index contributed by atoms with van der Waals surface area (Å²) >= 11 is 0. The molecular formula is C11H17NO3S. The molecule has 1 aromatic rings. The molecule has 90 valence electrons. The van der Waals surface area contributed by atoms with E-state index >= 15 is 0 Å². The van der Waals surface area contributed by atoms with Crippen molar-refractivity contribution in [1.82, 2.24) is 4.72 Å². The molecule has 16 heavy (non-hydrogen) atoms. The van der Waals surface area contributed by atoms with E-state index in [2.05, 4.69) is 4.72 Å². The number of aliphatic hydroxyl groups excluding tert-OH is 1. The van der Waals surface area contributed by atoms with E-state index < -0.39 is 10.0 Å². The first-order valence-electron chi connectivity index (χ1n) is 5.21. The first kappa shape index (κ1) is 13.2. The van der Waals surface area contributed by atoms with E-state index in [0.29, 0.717) is 0 Å². The highest BCUT2D eigenvalue weighted by molar-refractivity contribution is 7.89. The van der Waals surface area contributed by atoms with Gasteiger partial charge in [0, 0.05) is 12.6 Å². The highest BCUT2D eigenvalue weighted by Gasteiger charge is 2.14. The van der Waals surface area contributed by atoms with Crippen LogP contribution in [-0.2, 0) is 10.0 Å². The minimum absolute atomic E-state index is 0.0410. The number of benzene rings is 1. The zero-order valence-electron chi connectivity index (χ0n) is 9.26. The molecule has 0 aliphatic carbocycles. The lowest BCUT2D eigenvalue weighted by molar-refractivity contribution is 0.295. The molecule has 0 aliphatic rings. The monoisotopic (exact) mass is 243 g/mol. The standard InChI is InChI=1S/C11H17NO3S/c1-10(11-6-3-2-4-7-11)12-16(14,15)9-5-8-13/h2-4,6-7,10,12-13H,5,8-9H2,1H3. The predicted octanol–water partition coefficient (Wildman–Crippen LogP) is 1.05. The first-order valence-corrected chi connectivity index (χ1v) is 6.86. The van der Waals surface area contributed by atoms with Gasteiger partial charge in [-0.25, -0.2) is 13.1 Å². The Morgan fingerprint density at radius 2 is 1.94 bits per heavy atom. The van der Waals surface area contributed by atoms with Crippen molar-refractivity contribution in [2.24, 2.45) is 0 Å². The van der Waals surface area contributed by atoms with E-state index in [1.54, 1.807) is 6.92 Å². The lowest BCUT2D eigenvalue weighted by Gasteiger charge is -2.14. The SMILES string of the molecule is CC(NS(=O)(=O)CCCO)c1ccccc1. The molecule has 4 nitrogen and oxygen atoms in total. The van der Waals surface area contributed by atoms with Gasteiger partial charge in [0.1, 0.15) is 0 Å². The Morgan fingerprint density at radius 3 is 2.50 bits per heavy atom. The Kier molecular flexibility index (Phi) is 4.92. The fraction of sp³-hybridized carbons (Fsp3) is 0.455. The van der Waals surface area contributed by atoms with Crippen LogP contribution in [0.25, 0.3) is 0 Å². The molecular weight excluding hydrogens is 226 g/mol. The summed E-state index contributed by atoms with van der Waals surface area (Å²) in [5.41, 5.74) is 0.926. The Hall–Kier alpha value is -0.910. The van der Waals surface area contributed by atoms with Gasteiger partial charge < -0.3 is 5.11 Å². The summed E-state index contributed by atoms with van der Waals surface area (Å²) in [5.74, 6) is -0.0410. The molecule has 0 bridgehead atoms. The smallest absolute Gasteiger partial charge is 0.212 e. The predicted molar refractivity (Wildman–Crippen MR) is 63.5 cm³/mol. The largest absolute Gasteiger partial charge is 0.396 e. The Balaban J connectivity index is 2.61. The van der Waals surface area contributed by atoms with Crippen LogP contribution in [0.3, 0.4) is 0 Å². The molecule has 1 atom stereocenters. The summed E-state index contributed by atoms with van der Waals surface area (Å²) in [5, 5.41) is 8.59. The van der Waals surface area contributed by atoms with Crippen molar-refractivity contribution >= 4 is 10.0 Å². The fourth-order valence-electron chi connectivity index (χ4n) is 1.39. The Bertz CT molecular complexity index is 402. The fourth-order valence-corrected chi connectivity index (χ4v) is 2.69. The maximum atomic E-state index is 11.6. The second kappa shape index (κ2) is 5.98. The van der Waals surface area contributed by atoms with Crippen molar-refractivity contribution < 1.29 is 13.5 Å². The normalized spacial score (nSPS) is 13.6. The lowest BCUT2D eigenvalue weighted by atomic mass is 10.1. The molecule has 0 aliphatic heterocycles. The van der Waals surface area contributed by atoms with E-state index in [9.17, 15) is 8.42 Å². The maximum absolute atomic E-state index is 11.6. The van der Waals surface area contributed by atoms with Gasteiger partial charge >= 0.3 is 0 Å². The van der Waals surface area contributed by atoms with Gasteiger partial charge in [0.25, 0.3) is 0 Å². The minimum atomic E-state index is -3.30. The third kappa shape index (κ3) is 4.30. The third-order valence-corrected chi connectivity index (χ3v) is 3.77. The Morgan fingerprint density at radius 1 is 1.31 bits per heavy atom. The van der Waals surface area contributed by atoms with E-state index in [0.717, 1.165) is 5.56 Å². The average Bonchev–Trinajstić information content (AvgIpc) is 2.27. The molecule has 1 rings (SSSR count). The van der Waals surface area contributed by atoms with Crippen molar-refractivity contribution in [1.29, 1.82) is 0 Å². The first-order chi connectivity index (χ1) is 7.55. The second-order valence-corrected chi connectivity index (χ2v) is 5.52. The highest BCUT2D eigenvalue weighted by Crippen LogP contribution is 2.12. The number of rotatable bonds is 6. The van der Waals surface area contributed by atoms with Gasteiger partial charge in [0.2, 0.25) is 10.0 Å². The summed E-state index contributed by atoms with van der Waals surface area (Å²) in [6.07, 6.45) is 0.261. The summed E-state index contributed by atoms with van der Waals surface area (Å²) in [7, 11) is -3.30. The van der Waals surface area contributed by atoms with Gasteiger partial charge in [-0.05, 0) is 18.9 Å². The van der Waals surface area contributed by atoms with Gasteiger partial charge in [-0.15, -0.1) is 0 Å². The average molecular weight is 243 g/mol. The van der Waals surface area contributed by atoms with Crippen LogP contribution in [0.5, 0.6) is 0 Å². The molecule has 0 spiro atoms.